The Morgan fingerprint density at radius 3 is 2.47 bits per heavy atom. The second-order valence-electron chi connectivity index (χ2n) is 3.69. The van der Waals surface area contributed by atoms with Crippen LogP contribution in [0.2, 0.25) is 0 Å². The number of rotatable bonds is 2. The maximum Gasteiger partial charge on any atom is 0.356 e. The minimum absolute atomic E-state index is 0.0227. The van der Waals surface area contributed by atoms with Gasteiger partial charge in [-0.2, -0.15) is 5.10 Å². The number of aromatic carboxylic acids is 1. The molecule has 0 saturated carbocycles. The molecule has 19 heavy (non-hydrogen) atoms. The Morgan fingerprint density at radius 1 is 1.32 bits per heavy atom. The first kappa shape index (κ1) is 13.6. The lowest BCUT2D eigenvalue weighted by Crippen LogP contribution is -2.00. The van der Waals surface area contributed by atoms with Crippen molar-refractivity contribution in [3.63, 3.8) is 0 Å². The van der Waals surface area contributed by atoms with Crippen molar-refractivity contribution in [2.45, 2.75) is 0 Å². The minimum Gasteiger partial charge on any atom is -0.476 e. The van der Waals surface area contributed by atoms with Crippen LogP contribution in [-0.4, -0.2) is 20.9 Å². The summed E-state index contributed by atoms with van der Waals surface area (Å²) in [4.78, 5) is 10.8. The van der Waals surface area contributed by atoms with Crippen LogP contribution in [0.15, 0.2) is 16.6 Å². The molecule has 0 unspecified atom stereocenters. The van der Waals surface area contributed by atoms with Crippen molar-refractivity contribution in [2.24, 2.45) is 7.05 Å². The predicted molar refractivity (Wildman–Crippen MR) is 63.2 cm³/mol. The van der Waals surface area contributed by atoms with Gasteiger partial charge in [-0.25, -0.2) is 18.0 Å². The van der Waals surface area contributed by atoms with Gasteiger partial charge in [0.15, 0.2) is 17.3 Å². The van der Waals surface area contributed by atoms with E-state index in [1.807, 2.05) is 0 Å². The molecule has 1 N–H and O–H groups in total. The lowest BCUT2D eigenvalue weighted by atomic mass is 10.1. The summed E-state index contributed by atoms with van der Waals surface area (Å²) in [5, 5.41) is 12.4. The van der Waals surface area contributed by atoms with Crippen LogP contribution in [0.25, 0.3) is 11.3 Å². The maximum atomic E-state index is 13.9. The molecule has 0 saturated heterocycles. The highest BCUT2D eigenvalue weighted by atomic mass is 79.9. The molecule has 4 nitrogen and oxygen atoms in total. The smallest absolute Gasteiger partial charge is 0.356 e. The van der Waals surface area contributed by atoms with Gasteiger partial charge in [0.25, 0.3) is 0 Å². The number of carbonyl (C=O) groups is 1. The average molecular weight is 335 g/mol. The van der Waals surface area contributed by atoms with Crippen molar-refractivity contribution in [3.8, 4) is 11.3 Å². The molecular formula is C11H6BrF3N2O2. The molecule has 8 heteroatoms. The largest absolute Gasteiger partial charge is 0.476 e. The van der Waals surface area contributed by atoms with Crippen molar-refractivity contribution in [1.29, 1.82) is 0 Å². The molecule has 0 aliphatic rings. The molecule has 0 radical (unpaired) electrons. The number of hydrogen-bond acceptors (Lipinski definition) is 2. The van der Waals surface area contributed by atoms with E-state index in [4.69, 9.17) is 5.11 Å². The lowest BCUT2D eigenvalue weighted by Gasteiger charge is -2.06. The van der Waals surface area contributed by atoms with Gasteiger partial charge in [-0.3, -0.25) is 4.68 Å². The lowest BCUT2D eigenvalue weighted by molar-refractivity contribution is 0.0689. The van der Waals surface area contributed by atoms with Crippen LogP contribution in [0.5, 0.6) is 0 Å². The standard InChI is InChI=1S/C11H6BrF3N2O2/c1-17-7(3-6(16-17)11(18)19)4-2-5(13)10(15)8(12)9(4)14/h2-3H,1H3,(H,18,19). The molecule has 0 fully saturated rings. The molecule has 0 bridgehead atoms. The molecule has 0 aliphatic heterocycles. The molecule has 1 aromatic carbocycles. The van der Waals surface area contributed by atoms with E-state index in [0.717, 1.165) is 10.7 Å². The van der Waals surface area contributed by atoms with Crippen molar-refractivity contribution in [3.05, 3.63) is 39.8 Å². The van der Waals surface area contributed by atoms with Gasteiger partial charge in [0.2, 0.25) is 0 Å². The highest BCUT2D eigenvalue weighted by Crippen LogP contribution is 2.31. The average Bonchev–Trinajstić information content (AvgIpc) is 2.73. The van der Waals surface area contributed by atoms with Gasteiger partial charge in [0.05, 0.1) is 10.2 Å². The van der Waals surface area contributed by atoms with E-state index >= 15 is 0 Å². The number of halogens is 4. The Morgan fingerprint density at radius 2 is 1.95 bits per heavy atom. The van der Waals surface area contributed by atoms with E-state index in [1.165, 1.54) is 7.05 Å². The number of aromatic nitrogens is 2. The number of carboxylic acid groups (broad SMARTS) is 1. The molecule has 100 valence electrons. The third kappa shape index (κ3) is 2.23. The molecular weight excluding hydrogens is 329 g/mol. The second kappa shape index (κ2) is 4.69. The first-order chi connectivity index (χ1) is 8.82. The minimum atomic E-state index is -1.35. The van der Waals surface area contributed by atoms with Gasteiger partial charge in [-0.15, -0.1) is 0 Å². The van der Waals surface area contributed by atoms with Crippen LogP contribution in [-0.2, 0) is 7.05 Å². The number of benzene rings is 1. The molecule has 0 amide bonds. The van der Waals surface area contributed by atoms with E-state index in [1.54, 1.807) is 0 Å². The molecule has 1 heterocycles. The van der Waals surface area contributed by atoms with Crippen LogP contribution >= 0.6 is 15.9 Å². The number of hydrogen-bond donors (Lipinski definition) is 1. The molecule has 0 spiro atoms. The summed E-state index contributed by atoms with van der Waals surface area (Å²) in [6, 6.07) is 1.72. The van der Waals surface area contributed by atoms with Crippen molar-refractivity contribution in [1.82, 2.24) is 9.78 Å². The number of carboxylic acids is 1. The first-order valence-electron chi connectivity index (χ1n) is 4.93. The summed E-state index contributed by atoms with van der Waals surface area (Å²) in [7, 11) is 1.37. The van der Waals surface area contributed by atoms with E-state index in [2.05, 4.69) is 21.0 Å². The Labute approximate surface area is 113 Å². The number of nitrogens with zero attached hydrogens (tertiary/aromatic N) is 2. The zero-order chi connectivity index (χ0) is 14.3. The Balaban J connectivity index is 2.69. The van der Waals surface area contributed by atoms with Crippen molar-refractivity contribution >= 4 is 21.9 Å². The summed E-state index contributed by atoms with van der Waals surface area (Å²) < 4.78 is 40.7. The normalized spacial score (nSPS) is 10.8. The summed E-state index contributed by atoms with van der Waals surface area (Å²) in [5.74, 6) is -4.93. The highest BCUT2D eigenvalue weighted by Gasteiger charge is 2.21. The van der Waals surface area contributed by atoms with E-state index in [0.29, 0.717) is 6.07 Å². The Bertz CT molecular complexity index is 685. The summed E-state index contributed by atoms with van der Waals surface area (Å²) >= 11 is 2.60. The maximum absolute atomic E-state index is 13.9. The van der Waals surface area contributed by atoms with Crippen LogP contribution in [0.4, 0.5) is 13.2 Å². The third-order valence-electron chi connectivity index (χ3n) is 2.48. The summed E-state index contributed by atoms with van der Waals surface area (Å²) in [6.07, 6.45) is 0. The molecule has 2 aromatic rings. The fourth-order valence-electron chi connectivity index (χ4n) is 1.58. The van der Waals surface area contributed by atoms with Crippen molar-refractivity contribution < 1.29 is 23.1 Å². The van der Waals surface area contributed by atoms with E-state index < -0.39 is 27.9 Å². The SMILES string of the molecule is Cn1nc(C(=O)O)cc1-c1cc(F)c(F)c(Br)c1F. The third-order valence-corrected chi connectivity index (χ3v) is 3.17. The van der Waals surface area contributed by atoms with Gasteiger partial charge >= 0.3 is 5.97 Å². The predicted octanol–water partition coefficient (Wildman–Crippen LogP) is 2.97. The second-order valence-corrected chi connectivity index (χ2v) is 4.48. The van der Waals surface area contributed by atoms with Crippen LogP contribution in [0.1, 0.15) is 10.5 Å². The summed E-state index contributed by atoms with van der Waals surface area (Å²) in [5.41, 5.74) is -0.583. The van der Waals surface area contributed by atoms with Crippen molar-refractivity contribution in [2.75, 3.05) is 0 Å². The monoisotopic (exact) mass is 334 g/mol. The molecule has 2 rings (SSSR count). The summed E-state index contributed by atoms with van der Waals surface area (Å²) in [6.45, 7) is 0. The fraction of sp³-hybridized carbons (Fsp3) is 0.0909. The van der Waals surface area contributed by atoms with Gasteiger partial charge in [0.1, 0.15) is 5.82 Å². The molecule has 0 atom stereocenters. The zero-order valence-electron chi connectivity index (χ0n) is 9.42. The molecule has 1 aromatic heterocycles. The zero-order valence-corrected chi connectivity index (χ0v) is 11.0. The van der Waals surface area contributed by atoms with Gasteiger partial charge in [0, 0.05) is 12.6 Å². The van der Waals surface area contributed by atoms with Gasteiger partial charge in [-0.1, -0.05) is 0 Å². The Hall–Kier alpha value is -1.83. The van der Waals surface area contributed by atoms with E-state index in [9.17, 15) is 18.0 Å². The van der Waals surface area contributed by atoms with Crippen LogP contribution in [0.3, 0.4) is 0 Å². The quantitative estimate of drug-likeness (QED) is 0.678. The van der Waals surface area contributed by atoms with Crippen LogP contribution < -0.4 is 0 Å². The van der Waals surface area contributed by atoms with Gasteiger partial charge in [-0.05, 0) is 28.1 Å². The fourth-order valence-corrected chi connectivity index (χ4v) is 1.99. The first-order valence-corrected chi connectivity index (χ1v) is 5.73. The van der Waals surface area contributed by atoms with Gasteiger partial charge < -0.3 is 5.11 Å². The molecule has 0 aliphatic carbocycles. The van der Waals surface area contributed by atoms with E-state index in [-0.39, 0.29) is 17.0 Å². The highest BCUT2D eigenvalue weighted by molar-refractivity contribution is 9.10. The van der Waals surface area contributed by atoms with Crippen LogP contribution in [0, 0.1) is 17.5 Å². The Kier molecular flexibility index (Phi) is 3.36. The topological polar surface area (TPSA) is 55.1 Å². The number of aryl methyl sites for hydroxylation is 1.